The molecular weight excluding hydrogens is 297 g/mol. The van der Waals surface area contributed by atoms with Crippen molar-refractivity contribution in [3.8, 4) is 0 Å². The third kappa shape index (κ3) is 3.63. The first-order chi connectivity index (χ1) is 10.3. The minimum Gasteiger partial charge on any atom is -0.344 e. The zero-order chi connectivity index (χ0) is 16.3. The normalized spacial score (nSPS) is 13.0. The van der Waals surface area contributed by atoms with E-state index in [1.165, 1.54) is 6.07 Å². The third-order valence-corrected chi connectivity index (χ3v) is 3.16. The van der Waals surface area contributed by atoms with Gasteiger partial charge in [0.05, 0.1) is 12.4 Å². The Bertz CT molecular complexity index is 649. The minimum atomic E-state index is -4.47. The molecule has 2 rings (SSSR count). The van der Waals surface area contributed by atoms with Gasteiger partial charge in [-0.25, -0.2) is 4.98 Å². The van der Waals surface area contributed by atoms with Gasteiger partial charge in [-0.3, -0.25) is 9.78 Å². The molecular formula is C14H15F3N4O. The van der Waals surface area contributed by atoms with Crippen molar-refractivity contribution in [1.29, 1.82) is 0 Å². The standard InChI is InChI=1S/C14H15F3N4O/c1-3-21-7-11(19-8-21)13(22)20-9(2)10-4-5-12(18-6-10)14(15,16)17/h4-9H,3H2,1-2H3,(H,20,22)/t9-/m1/s1. The molecule has 0 aliphatic heterocycles. The molecule has 22 heavy (non-hydrogen) atoms. The van der Waals surface area contributed by atoms with Gasteiger partial charge in [-0.05, 0) is 25.5 Å². The van der Waals surface area contributed by atoms with Crippen LogP contribution in [0.4, 0.5) is 13.2 Å². The third-order valence-electron chi connectivity index (χ3n) is 3.16. The van der Waals surface area contributed by atoms with Crippen LogP contribution < -0.4 is 5.32 Å². The summed E-state index contributed by atoms with van der Waals surface area (Å²) in [6.07, 6.45) is -0.220. The van der Waals surface area contributed by atoms with Crippen LogP contribution in [0.3, 0.4) is 0 Å². The Hall–Kier alpha value is -2.38. The summed E-state index contributed by atoms with van der Waals surface area (Å²) in [5.74, 6) is -0.389. The van der Waals surface area contributed by atoms with Gasteiger partial charge >= 0.3 is 6.18 Å². The zero-order valence-corrected chi connectivity index (χ0v) is 12.1. The van der Waals surface area contributed by atoms with Crippen LogP contribution in [-0.4, -0.2) is 20.4 Å². The van der Waals surface area contributed by atoms with E-state index in [1.54, 1.807) is 24.0 Å². The van der Waals surface area contributed by atoms with Crippen LogP contribution in [0.2, 0.25) is 0 Å². The highest BCUT2D eigenvalue weighted by atomic mass is 19.4. The molecule has 0 saturated heterocycles. The molecule has 0 radical (unpaired) electrons. The van der Waals surface area contributed by atoms with E-state index in [9.17, 15) is 18.0 Å². The van der Waals surface area contributed by atoms with Crippen LogP contribution in [0.1, 0.15) is 41.6 Å². The number of rotatable bonds is 4. The Balaban J connectivity index is 2.05. The fourth-order valence-corrected chi connectivity index (χ4v) is 1.83. The number of alkyl halides is 3. The molecule has 0 fully saturated rings. The smallest absolute Gasteiger partial charge is 0.344 e. The molecule has 1 amide bonds. The molecule has 0 bridgehead atoms. The predicted octanol–water partition coefficient (Wildman–Crippen LogP) is 2.81. The minimum absolute atomic E-state index is 0.258. The lowest BCUT2D eigenvalue weighted by Crippen LogP contribution is -2.27. The number of carbonyl (C=O) groups is 1. The predicted molar refractivity (Wildman–Crippen MR) is 73.0 cm³/mol. The lowest BCUT2D eigenvalue weighted by atomic mass is 10.1. The van der Waals surface area contributed by atoms with Crippen LogP contribution >= 0.6 is 0 Å². The Kier molecular flexibility index (Phi) is 4.48. The van der Waals surface area contributed by atoms with E-state index in [2.05, 4.69) is 15.3 Å². The van der Waals surface area contributed by atoms with Crippen molar-refractivity contribution in [2.75, 3.05) is 0 Å². The van der Waals surface area contributed by atoms with Gasteiger partial charge in [0.2, 0.25) is 0 Å². The van der Waals surface area contributed by atoms with E-state index in [0.29, 0.717) is 12.1 Å². The van der Waals surface area contributed by atoms with E-state index in [1.807, 2.05) is 6.92 Å². The molecule has 1 atom stereocenters. The molecule has 0 aliphatic carbocycles. The highest BCUT2D eigenvalue weighted by Crippen LogP contribution is 2.27. The lowest BCUT2D eigenvalue weighted by Gasteiger charge is -2.14. The molecule has 2 aromatic rings. The van der Waals surface area contributed by atoms with Crippen LogP contribution in [0.5, 0.6) is 0 Å². The number of pyridine rings is 1. The topological polar surface area (TPSA) is 59.8 Å². The first kappa shape index (κ1) is 16.0. The summed E-state index contributed by atoms with van der Waals surface area (Å²) in [5, 5.41) is 2.67. The number of hydrogen-bond acceptors (Lipinski definition) is 3. The molecule has 8 heteroatoms. The van der Waals surface area contributed by atoms with Crippen molar-refractivity contribution in [3.05, 3.63) is 47.8 Å². The molecule has 0 aromatic carbocycles. The van der Waals surface area contributed by atoms with Gasteiger partial charge in [-0.1, -0.05) is 6.07 Å². The zero-order valence-electron chi connectivity index (χ0n) is 12.1. The maximum atomic E-state index is 12.4. The van der Waals surface area contributed by atoms with Crippen LogP contribution in [0, 0.1) is 0 Å². The number of carbonyl (C=O) groups excluding carboxylic acids is 1. The van der Waals surface area contributed by atoms with Crippen molar-refractivity contribution < 1.29 is 18.0 Å². The highest BCUT2D eigenvalue weighted by Gasteiger charge is 2.32. The van der Waals surface area contributed by atoms with Gasteiger partial charge < -0.3 is 9.88 Å². The molecule has 118 valence electrons. The van der Waals surface area contributed by atoms with Crippen molar-refractivity contribution in [1.82, 2.24) is 19.9 Å². The quantitative estimate of drug-likeness (QED) is 0.944. The number of nitrogens with one attached hydrogen (secondary N) is 1. The maximum absolute atomic E-state index is 12.4. The fourth-order valence-electron chi connectivity index (χ4n) is 1.83. The Morgan fingerprint density at radius 1 is 1.36 bits per heavy atom. The fraction of sp³-hybridized carbons (Fsp3) is 0.357. The molecule has 1 N–H and O–H groups in total. The SMILES string of the molecule is CCn1cnc(C(=O)N[C@H](C)c2ccc(C(F)(F)F)nc2)c1. The van der Waals surface area contributed by atoms with Crippen LogP contribution in [0.15, 0.2) is 30.9 Å². The van der Waals surface area contributed by atoms with Gasteiger partial charge in [0.1, 0.15) is 11.4 Å². The van der Waals surface area contributed by atoms with Gasteiger partial charge in [0, 0.05) is 18.9 Å². The van der Waals surface area contributed by atoms with Gasteiger partial charge in [0.15, 0.2) is 0 Å². The Morgan fingerprint density at radius 2 is 2.09 bits per heavy atom. The molecule has 2 heterocycles. The summed E-state index contributed by atoms with van der Waals surface area (Å²) >= 11 is 0. The average Bonchev–Trinajstić information content (AvgIpc) is 2.95. The highest BCUT2D eigenvalue weighted by molar-refractivity contribution is 5.92. The van der Waals surface area contributed by atoms with Crippen molar-refractivity contribution in [3.63, 3.8) is 0 Å². The summed E-state index contributed by atoms with van der Waals surface area (Å²) in [6, 6.07) is 1.71. The van der Waals surface area contributed by atoms with Crippen molar-refractivity contribution >= 4 is 5.91 Å². The van der Waals surface area contributed by atoms with Gasteiger partial charge in [-0.2, -0.15) is 13.2 Å². The van der Waals surface area contributed by atoms with E-state index in [4.69, 9.17) is 0 Å². The molecule has 0 aliphatic rings. The number of amides is 1. The van der Waals surface area contributed by atoms with E-state index in [0.717, 1.165) is 12.3 Å². The van der Waals surface area contributed by atoms with Crippen molar-refractivity contribution in [2.45, 2.75) is 32.6 Å². The maximum Gasteiger partial charge on any atom is 0.433 e. The number of aromatic nitrogens is 3. The van der Waals surface area contributed by atoms with Gasteiger partial charge in [0.25, 0.3) is 5.91 Å². The number of imidazole rings is 1. The Labute approximate surface area is 125 Å². The molecule has 0 spiro atoms. The second kappa shape index (κ2) is 6.17. The van der Waals surface area contributed by atoms with E-state index in [-0.39, 0.29) is 11.6 Å². The molecule has 0 saturated carbocycles. The average molecular weight is 312 g/mol. The number of halogens is 3. The van der Waals surface area contributed by atoms with Crippen molar-refractivity contribution in [2.24, 2.45) is 0 Å². The number of aryl methyl sites for hydroxylation is 1. The largest absolute Gasteiger partial charge is 0.433 e. The Morgan fingerprint density at radius 3 is 2.59 bits per heavy atom. The summed E-state index contributed by atoms with van der Waals surface area (Å²) in [4.78, 5) is 19.3. The van der Waals surface area contributed by atoms with Gasteiger partial charge in [-0.15, -0.1) is 0 Å². The number of hydrogen-bond donors (Lipinski definition) is 1. The second-order valence-corrected chi connectivity index (χ2v) is 4.76. The van der Waals surface area contributed by atoms with Crippen LogP contribution in [-0.2, 0) is 12.7 Å². The van der Waals surface area contributed by atoms with E-state index < -0.39 is 17.9 Å². The summed E-state index contributed by atoms with van der Waals surface area (Å²) < 4.78 is 39.1. The second-order valence-electron chi connectivity index (χ2n) is 4.76. The molecule has 5 nitrogen and oxygen atoms in total. The summed E-state index contributed by atoms with van der Waals surface area (Å²) in [5.41, 5.74) is -0.221. The van der Waals surface area contributed by atoms with E-state index >= 15 is 0 Å². The number of nitrogens with zero attached hydrogens (tertiary/aromatic N) is 3. The first-order valence-electron chi connectivity index (χ1n) is 6.67. The first-order valence-corrected chi connectivity index (χ1v) is 6.67. The molecule has 0 unspecified atom stereocenters. The summed E-state index contributed by atoms with van der Waals surface area (Å²) in [7, 11) is 0. The monoisotopic (exact) mass is 312 g/mol. The van der Waals surface area contributed by atoms with Crippen LogP contribution in [0.25, 0.3) is 0 Å². The summed E-state index contributed by atoms with van der Waals surface area (Å²) in [6.45, 7) is 4.28. The molecule has 2 aromatic heterocycles. The lowest BCUT2D eigenvalue weighted by molar-refractivity contribution is -0.141.